The topological polar surface area (TPSA) is 78.8 Å². The quantitative estimate of drug-likeness (QED) is 0.347. The van der Waals surface area contributed by atoms with Crippen LogP contribution in [0, 0.1) is 0 Å². The van der Waals surface area contributed by atoms with Crippen molar-refractivity contribution in [1.29, 1.82) is 0 Å². The summed E-state index contributed by atoms with van der Waals surface area (Å²) in [5.74, 6) is 2.77. The van der Waals surface area contributed by atoms with Gasteiger partial charge in [0.15, 0.2) is 11.7 Å². The zero-order valence-corrected chi connectivity index (χ0v) is 18.5. The maximum Gasteiger partial charge on any atom is 0.191 e. The van der Waals surface area contributed by atoms with E-state index in [2.05, 4.69) is 39.5 Å². The van der Waals surface area contributed by atoms with Crippen LogP contribution >= 0.6 is 24.0 Å². The van der Waals surface area contributed by atoms with Gasteiger partial charge in [-0.2, -0.15) is 0 Å². The van der Waals surface area contributed by atoms with E-state index in [1.54, 1.807) is 6.26 Å². The number of nitrogens with one attached hydrogen (secondary N) is 2. The monoisotopic (exact) mass is 475 g/mol. The van der Waals surface area contributed by atoms with Gasteiger partial charge in [0, 0.05) is 19.2 Å². The number of furan rings is 1. The third-order valence-electron chi connectivity index (χ3n) is 3.86. The van der Waals surface area contributed by atoms with Crippen LogP contribution in [-0.4, -0.2) is 43.2 Å². The molecule has 2 heterocycles. The van der Waals surface area contributed by atoms with Crippen LogP contribution in [0.2, 0.25) is 0 Å². The highest BCUT2D eigenvalue weighted by atomic mass is 127. The van der Waals surface area contributed by atoms with Gasteiger partial charge in [0.1, 0.15) is 12.3 Å². The summed E-state index contributed by atoms with van der Waals surface area (Å²) in [5, 5.41) is 10.7. The molecule has 0 aliphatic heterocycles. The number of hydrogen-bond donors (Lipinski definition) is 2. The number of halogens is 1. The summed E-state index contributed by atoms with van der Waals surface area (Å²) in [5.41, 5.74) is 0.952. The SMILES string of the molecule is CCNC(=NCc1cc(C(C)C)no1)NCC(c1ccco1)N(C)C.I. The van der Waals surface area contributed by atoms with Crippen molar-refractivity contribution in [1.82, 2.24) is 20.7 Å². The normalized spacial score (nSPS) is 13.0. The molecule has 0 aliphatic rings. The molecule has 0 saturated heterocycles. The summed E-state index contributed by atoms with van der Waals surface area (Å²) in [7, 11) is 4.06. The zero-order chi connectivity index (χ0) is 18.2. The minimum atomic E-state index is 0. The van der Waals surface area contributed by atoms with Crippen molar-refractivity contribution in [2.45, 2.75) is 39.3 Å². The van der Waals surface area contributed by atoms with Crippen LogP contribution in [0.25, 0.3) is 0 Å². The van der Waals surface area contributed by atoms with E-state index < -0.39 is 0 Å². The van der Waals surface area contributed by atoms with Crippen LogP contribution in [0.1, 0.15) is 49.9 Å². The van der Waals surface area contributed by atoms with Gasteiger partial charge >= 0.3 is 0 Å². The fourth-order valence-corrected chi connectivity index (χ4v) is 2.39. The van der Waals surface area contributed by atoms with Gasteiger partial charge in [-0.1, -0.05) is 19.0 Å². The molecular formula is C18H30IN5O2. The highest BCUT2D eigenvalue weighted by molar-refractivity contribution is 14.0. The third-order valence-corrected chi connectivity index (χ3v) is 3.86. The highest BCUT2D eigenvalue weighted by Crippen LogP contribution is 2.17. The van der Waals surface area contributed by atoms with Crippen molar-refractivity contribution in [3.05, 3.63) is 41.7 Å². The predicted molar refractivity (Wildman–Crippen MR) is 114 cm³/mol. The van der Waals surface area contributed by atoms with E-state index in [0.717, 1.165) is 29.7 Å². The molecule has 1 atom stereocenters. The Morgan fingerprint density at radius 3 is 2.62 bits per heavy atom. The number of aromatic nitrogens is 1. The molecule has 7 nitrogen and oxygen atoms in total. The number of likely N-dealkylation sites (N-methyl/N-ethyl adjacent to an activating group) is 1. The fraction of sp³-hybridized carbons (Fsp3) is 0.556. The van der Waals surface area contributed by atoms with Gasteiger partial charge in [-0.05, 0) is 39.1 Å². The first kappa shape index (κ1) is 22.5. The Kier molecular flexibility index (Phi) is 9.71. The molecule has 0 bridgehead atoms. The van der Waals surface area contributed by atoms with Crippen molar-refractivity contribution in [2.24, 2.45) is 4.99 Å². The molecule has 0 radical (unpaired) electrons. The molecule has 8 heteroatoms. The number of nitrogens with zero attached hydrogens (tertiary/aromatic N) is 3. The number of guanidine groups is 1. The molecule has 0 saturated carbocycles. The first-order chi connectivity index (χ1) is 12.0. The summed E-state index contributed by atoms with van der Waals surface area (Å²) >= 11 is 0. The van der Waals surface area contributed by atoms with E-state index >= 15 is 0 Å². The average molecular weight is 475 g/mol. The Labute approximate surface area is 172 Å². The average Bonchev–Trinajstić information content (AvgIpc) is 3.24. The molecule has 0 spiro atoms. The van der Waals surface area contributed by atoms with Gasteiger partial charge < -0.3 is 19.6 Å². The molecule has 146 valence electrons. The van der Waals surface area contributed by atoms with Crippen molar-refractivity contribution in [3.63, 3.8) is 0 Å². The largest absolute Gasteiger partial charge is 0.468 e. The Bertz CT molecular complexity index is 652. The molecule has 0 aliphatic carbocycles. The smallest absolute Gasteiger partial charge is 0.191 e. The summed E-state index contributed by atoms with van der Waals surface area (Å²) in [6, 6.07) is 5.97. The summed E-state index contributed by atoms with van der Waals surface area (Å²) < 4.78 is 10.9. The lowest BCUT2D eigenvalue weighted by atomic mass is 10.1. The summed E-state index contributed by atoms with van der Waals surface area (Å²) in [6.45, 7) is 8.13. The minimum absolute atomic E-state index is 0. The maximum absolute atomic E-state index is 5.54. The first-order valence-electron chi connectivity index (χ1n) is 8.68. The second-order valence-corrected chi connectivity index (χ2v) is 6.44. The van der Waals surface area contributed by atoms with Gasteiger partial charge in [-0.15, -0.1) is 24.0 Å². The molecule has 2 N–H and O–H groups in total. The lowest BCUT2D eigenvalue weighted by molar-refractivity contribution is 0.258. The molecule has 0 amide bonds. The maximum atomic E-state index is 5.54. The van der Waals surface area contributed by atoms with E-state index in [1.165, 1.54) is 0 Å². The number of hydrogen-bond acceptors (Lipinski definition) is 5. The third kappa shape index (κ3) is 6.64. The van der Waals surface area contributed by atoms with Gasteiger partial charge in [0.05, 0.1) is 18.0 Å². The number of aliphatic imine (C=N–C) groups is 1. The Balaban J connectivity index is 0.00000338. The van der Waals surface area contributed by atoms with E-state index in [4.69, 9.17) is 8.94 Å². The summed E-state index contributed by atoms with van der Waals surface area (Å²) in [4.78, 5) is 6.69. The van der Waals surface area contributed by atoms with E-state index in [9.17, 15) is 0 Å². The first-order valence-corrected chi connectivity index (χ1v) is 8.68. The Morgan fingerprint density at radius 2 is 2.08 bits per heavy atom. The van der Waals surface area contributed by atoms with Gasteiger partial charge in [0.2, 0.25) is 0 Å². The molecule has 1 unspecified atom stereocenters. The molecule has 0 fully saturated rings. The van der Waals surface area contributed by atoms with Crippen LogP contribution in [0.5, 0.6) is 0 Å². The van der Waals surface area contributed by atoms with Crippen LogP contribution in [0.3, 0.4) is 0 Å². The van der Waals surface area contributed by atoms with E-state index in [0.29, 0.717) is 19.0 Å². The molecule has 2 rings (SSSR count). The van der Waals surface area contributed by atoms with Gasteiger partial charge in [-0.25, -0.2) is 4.99 Å². The van der Waals surface area contributed by atoms with E-state index in [1.807, 2.05) is 39.2 Å². The fourth-order valence-electron chi connectivity index (χ4n) is 2.39. The van der Waals surface area contributed by atoms with Crippen LogP contribution in [0.15, 0.2) is 38.4 Å². The molecule has 26 heavy (non-hydrogen) atoms. The molecular weight excluding hydrogens is 445 g/mol. The highest BCUT2D eigenvalue weighted by Gasteiger charge is 2.17. The number of rotatable bonds is 8. The van der Waals surface area contributed by atoms with Gasteiger partial charge in [-0.3, -0.25) is 4.90 Å². The van der Waals surface area contributed by atoms with Gasteiger partial charge in [0.25, 0.3) is 0 Å². The second-order valence-electron chi connectivity index (χ2n) is 6.44. The molecule has 0 aromatic carbocycles. The lowest BCUT2D eigenvalue weighted by Crippen LogP contribution is -2.41. The Morgan fingerprint density at radius 1 is 1.31 bits per heavy atom. The van der Waals surface area contributed by atoms with Crippen LogP contribution in [-0.2, 0) is 6.54 Å². The molecule has 2 aromatic heterocycles. The lowest BCUT2D eigenvalue weighted by Gasteiger charge is -2.23. The van der Waals surface area contributed by atoms with Crippen molar-refractivity contribution >= 4 is 29.9 Å². The molecule has 2 aromatic rings. The predicted octanol–water partition coefficient (Wildman–Crippen LogP) is 3.37. The van der Waals surface area contributed by atoms with E-state index in [-0.39, 0.29) is 30.0 Å². The van der Waals surface area contributed by atoms with Crippen LogP contribution in [0.4, 0.5) is 0 Å². The second kappa shape index (κ2) is 11.2. The van der Waals surface area contributed by atoms with Crippen molar-refractivity contribution in [2.75, 3.05) is 27.2 Å². The zero-order valence-electron chi connectivity index (χ0n) is 16.2. The Hall–Kier alpha value is -1.55. The minimum Gasteiger partial charge on any atom is -0.468 e. The van der Waals surface area contributed by atoms with Crippen LogP contribution < -0.4 is 10.6 Å². The van der Waals surface area contributed by atoms with Crippen molar-refractivity contribution < 1.29 is 8.94 Å². The standard InChI is InChI=1S/C18H29N5O2.HI/c1-6-19-18(20-11-14-10-15(13(2)3)22-25-14)21-12-16(23(4)5)17-8-7-9-24-17;/h7-10,13,16H,6,11-12H2,1-5H3,(H2,19,20,21);1H. The van der Waals surface area contributed by atoms with Crippen molar-refractivity contribution in [3.8, 4) is 0 Å². The summed E-state index contributed by atoms with van der Waals surface area (Å²) in [6.07, 6.45) is 1.70.